The lowest BCUT2D eigenvalue weighted by molar-refractivity contribution is -0.0630. The predicted molar refractivity (Wildman–Crippen MR) is 71.8 cm³/mol. The highest BCUT2D eigenvalue weighted by Gasteiger charge is 2.38. The average molecular weight is 321 g/mol. The van der Waals surface area contributed by atoms with Crippen molar-refractivity contribution in [1.82, 2.24) is 4.31 Å². The molecule has 8 heteroatoms. The number of rotatable bonds is 3. The zero-order valence-corrected chi connectivity index (χ0v) is 11.8. The van der Waals surface area contributed by atoms with E-state index in [-0.39, 0.29) is 18.7 Å². The van der Waals surface area contributed by atoms with Crippen LogP contribution in [0.5, 0.6) is 0 Å². The minimum absolute atomic E-state index is 0.0684. The van der Waals surface area contributed by atoms with E-state index in [1.54, 1.807) is 18.2 Å². The molecule has 0 N–H and O–H groups in total. The van der Waals surface area contributed by atoms with Gasteiger partial charge in [-0.05, 0) is 0 Å². The summed E-state index contributed by atoms with van der Waals surface area (Å²) in [6, 6.07) is 7.52. The lowest BCUT2D eigenvalue weighted by Crippen LogP contribution is -2.40. The summed E-state index contributed by atoms with van der Waals surface area (Å²) in [7, 11) is -4.29. The lowest BCUT2D eigenvalue weighted by Gasteiger charge is -2.20. The molecule has 0 saturated carbocycles. The van der Waals surface area contributed by atoms with E-state index in [1.807, 2.05) is 0 Å². The van der Waals surface area contributed by atoms with Crippen molar-refractivity contribution < 1.29 is 26.3 Å². The van der Waals surface area contributed by atoms with Crippen LogP contribution in [0, 0.1) is 0 Å². The first-order valence-electron chi connectivity index (χ1n) is 6.18. The second-order valence-electron chi connectivity index (χ2n) is 4.62. The first-order valence-corrected chi connectivity index (χ1v) is 7.69. The molecule has 116 valence electrons. The topological polar surface area (TPSA) is 46.6 Å². The molecule has 1 aliphatic heterocycles. The second kappa shape index (κ2) is 6.17. The quantitative estimate of drug-likeness (QED) is 0.858. The van der Waals surface area contributed by atoms with Gasteiger partial charge in [0.05, 0.1) is 18.6 Å². The Morgan fingerprint density at radius 1 is 1.29 bits per heavy atom. The molecule has 0 atom stereocenters. The monoisotopic (exact) mass is 321 g/mol. The summed E-state index contributed by atoms with van der Waals surface area (Å²) < 4.78 is 69.9. The van der Waals surface area contributed by atoms with E-state index < -0.39 is 34.9 Å². The summed E-state index contributed by atoms with van der Waals surface area (Å²) in [5.74, 6) is -4.29. The van der Waals surface area contributed by atoms with Gasteiger partial charge in [0.25, 0.3) is 5.92 Å². The van der Waals surface area contributed by atoms with Gasteiger partial charge < -0.3 is 4.74 Å². The summed E-state index contributed by atoms with van der Waals surface area (Å²) in [6.07, 6.45) is 0. The Labute approximate surface area is 120 Å². The van der Waals surface area contributed by atoms with Gasteiger partial charge in [0.15, 0.2) is 0 Å². The van der Waals surface area contributed by atoms with E-state index >= 15 is 0 Å². The maximum absolute atomic E-state index is 13.9. The summed E-state index contributed by atoms with van der Waals surface area (Å²) in [4.78, 5) is 0. The van der Waals surface area contributed by atoms with Crippen molar-refractivity contribution in [2.45, 2.75) is 5.92 Å². The summed E-state index contributed by atoms with van der Waals surface area (Å²) >= 11 is 0. The van der Waals surface area contributed by atoms with Crippen LogP contribution in [0.2, 0.25) is 0 Å². The minimum atomic E-state index is -4.29. The minimum Gasteiger partial charge on any atom is -0.374 e. The van der Waals surface area contributed by atoms with Crippen molar-refractivity contribution in [1.29, 1.82) is 0 Å². The molecule has 4 nitrogen and oxygen atoms in total. The molecule has 1 fully saturated rings. The van der Waals surface area contributed by atoms with Crippen LogP contribution in [0.1, 0.15) is 5.56 Å². The first-order chi connectivity index (χ1) is 9.80. The van der Waals surface area contributed by atoms with E-state index in [4.69, 9.17) is 0 Å². The molecular weight excluding hydrogens is 307 g/mol. The fraction of sp³-hybridized carbons (Fsp3) is 0.385. The highest BCUT2D eigenvalue weighted by Crippen LogP contribution is 2.23. The number of benzene rings is 1. The molecule has 2 rings (SSSR count). The SMILES string of the molecule is O=S(=O)(C=C(F)c1ccccc1)N1CCOCC(F)(F)C1. The predicted octanol–water partition coefficient (Wildman–Crippen LogP) is 2.25. The Balaban J connectivity index is 2.25. The Hall–Kier alpha value is -1.38. The molecule has 1 heterocycles. The first kappa shape index (κ1) is 16.0. The van der Waals surface area contributed by atoms with Gasteiger partial charge in [-0.1, -0.05) is 30.3 Å². The van der Waals surface area contributed by atoms with E-state index in [0.29, 0.717) is 9.71 Å². The number of sulfonamides is 1. The van der Waals surface area contributed by atoms with Gasteiger partial charge in [0, 0.05) is 12.1 Å². The van der Waals surface area contributed by atoms with Gasteiger partial charge >= 0.3 is 0 Å². The average Bonchev–Trinajstić information content (AvgIpc) is 2.60. The molecule has 0 amide bonds. The van der Waals surface area contributed by atoms with Crippen molar-refractivity contribution in [3.8, 4) is 0 Å². The van der Waals surface area contributed by atoms with Crippen LogP contribution in [0.4, 0.5) is 13.2 Å². The molecule has 1 aliphatic rings. The Morgan fingerprint density at radius 3 is 2.62 bits per heavy atom. The smallest absolute Gasteiger partial charge is 0.284 e. The third-order valence-corrected chi connectivity index (χ3v) is 4.40. The molecule has 1 aromatic carbocycles. The molecule has 1 aromatic rings. The van der Waals surface area contributed by atoms with Crippen molar-refractivity contribution in [3.63, 3.8) is 0 Å². The van der Waals surface area contributed by atoms with Crippen molar-refractivity contribution in [3.05, 3.63) is 41.3 Å². The van der Waals surface area contributed by atoms with Crippen LogP contribution < -0.4 is 0 Å². The van der Waals surface area contributed by atoms with E-state index in [2.05, 4.69) is 4.74 Å². The maximum Gasteiger partial charge on any atom is 0.284 e. The highest BCUT2D eigenvalue weighted by atomic mass is 32.2. The largest absolute Gasteiger partial charge is 0.374 e. The normalized spacial score (nSPS) is 21.0. The summed E-state index contributed by atoms with van der Waals surface area (Å²) in [5, 5.41) is 0.365. The molecule has 0 aliphatic carbocycles. The van der Waals surface area contributed by atoms with Crippen LogP contribution in [0.3, 0.4) is 0 Å². The zero-order chi connectivity index (χ0) is 15.5. The number of hydrogen-bond donors (Lipinski definition) is 0. The van der Waals surface area contributed by atoms with Crippen LogP contribution in [-0.2, 0) is 14.8 Å². The van der Waals surface area contributed by atoms with Gasteiger partial charge in [-0.25, -0.2) is 21.6 Å². The van der Waals surface area contributed by atoms with Gasteiger partial charge in [-0.3, -0.25) is 0 Å². The third-order valence-electron chi connectivity index (χ3n) is 2.87. The molecule has 0 unspecified atom stereocenters. The highest BCUT2D eigenvalue weighted by molar-refractivity contribution is 7.92. The maximum atomic E-state index is 13.9. The molecule has 21 heavy (non-hydrogen) atoms. The Bertz CT molecular complexity index is 617. The number of alkyl halides is 2. The van der Waals surface area contributed by atoms with Gasteiger partial charge in [0.2, 0.25) is 10.0 Å². The standard InChI is InChI=1S/C13H14F3NO3S/c14-12(11-4-2-1-3-5-11)8-21(18,19)17-6-7-20-10-13(15,16)9-17/h1-5,8H,6-7,9-10H2. The number of halogens is 3. The molecule has 1 saturated heterocycles. The van der Waals surface area contributed by atoms with Gasteiger partial charge in [0.1, 0.15) is 12.4 Å². The number of nitrogens with zero attached hydrogens (tertiary/aromatic N) is 1. The van der Waals surface area contributed by atoms with Crippen LogP contribution in [-0.4, -0.2) is 44.9 Å². The van der Waals surface area contributed by atoms with Gasteiger partial charge in [-0.15, -0.1) is 0 Å². The molecule has 0 bridgehead atoms. The van der Waals surface area contributed by atoms with E-state index in [9.17, 15) is 21.6 Å². The Morgan fingerprint density at radius 2 is 1.95 bits per heavy atom. The molecule has 0 radical (unpaired) electrons. The summed E-state index contributed by atoms with van der Waals surface area (Å²) in [6.45, 7) is -2.26. The van der Waals surface area contributed by atoms with Crippen LogP contribution in [0.15, 0.2) is 35.7 Å². The molecule has 0 spiro atoms. The molecular formula is C13H14F3NO3S. The van der Waals surface area contributed by atoms with E-state index in [1.165, 1.54) is 12.1 Å². The van der Waals surface area contributed by atoms with Crippen molar-refractivity contribution >= 4 is 15.9 Å². The number of ether oxygens (including phenoxy) is 1. The fourth-order valence-electron chi connectivity index (χ4n) is 1.86. The summed E-state index contributed by atoms with van der Waals surface area (Å²) in [5.41, 5.74) is 0.0684. The molecule has 0 aromatic heterocycles. The second-order valence-corrected chi connectivity index (χ2v) is 6.40. The van der Waals surface area contributed by atoms with Crippen LogP contribution >= 0.6 is 0 Å². The van der Waals surface area contributed by atoms with Crippen molar-refractivity contribution in [2.75, 3.05) is 26.3 Å². The lowest BCUT2D eigenvalue weighted by atomic mass is 10.2. The number of hydrogen-bond acceptors (Lipinski definition) is 3. The third kappa shape index (κ3) is 4.29. The van der Waals surface area contributed by atoms with Crippen LogP contribution in [0.25, 0.3) is 5.83 Å². The van der Waals surface area contributed by atoms with Crippen molar-refractivity contribution in [2.24, 2.45) is 0 Å². The fourth-order valence-corrected chi connectivity index (χ4v) is 3.10. The Kier molecular flexibility index (Phi) is 4.70. The van der Waals surface area contributed by atoms with Gasteiger partial charge in [-0.2, -0.15) is 4.31 Å². The zero-order valence-electron chi connectivity index (χ0n) is 11.0. The van der Waals surface area contributed by atoms with E-state index in [0.717, 1.165) is 0 Å².